The maximum absolute atomic E-state index is 12.1. The van der Waals surface area contributed by atoms with Crippen LogP contribution in [0.1, 0.15) is 12.8 Å². The van der Waals surface area contributed by atoms with E-state index in [0.717, 1.165) is 19.4 Å². The summed E-state index contributed by atoms with van der Waals surface area (Å²) in [5.74, 6) is 0.0860. The number of aromatic hydroxyl groups is 1. The van der Waals surface area contributed by atoms with Gasteiger partial charge in [-0.05, 0) is 43.7 Å². The Hall–Kier alpha value is -1.11. The Morgan fingerprint density at radius 3 is 2.58 bits per heavy atom. The Morgan fingerprint density at radius 1 is 1.26 bits per heavy atom. The molecule has 1 aliphatic rings. The summed E-state index contributed by atoms with van der Waals surface area (Å²) < 4.78 is 24.2. The molecular formula is C13H19NO4S. The molecule has 0 radical (unpaired) electrons. The predicted octanol–water partition coefficient (Wildman–Crippen LogP) is 0.623. The molecule has 0 aromatic heterocycles. The number of phenolic OH excluding ortho intramolecular Hbond substituents is 1. The van der Waals surface area contributed by atoms with Gasteiger partial charge in [-0.15, -0.1) is 0 Å². The number of aliphatic hydroxyl groups is 1. The van der Waals surface area contributed by atoms with Crippen molar-refractivity contribution in [3.05, 3.63) is 24.3 Å². The molecule has 0 aliphatic carbocycles. The highest BCUT2D eigenvalue weighted by molar-refractivity contribution is 7.91. The molecule has 1 atom stereocenters. The van der Waals surface area contributed by atoms with E-state index < -0.39 is 9.84 Å². The molecule has 1 aromatic carbocycles. The van der Waals surface area contributed by atoms with Crippen LogP contribution in [0.2, 0.25) is 0 Å². The minimum Gasteiger partial charge on any atom is -0.508 e. The normalized spacial score (nSPS) is 21.4. The first-order chi connectivity index (χ1) is 8.97. The average Bonchev–Trinajstić information content (AvgIpc) is 2.37. The molecule has 6 heteroatoms. The third-order valence-electron chi connectivity index (χ3n) is 3.35. The SMILES string of the molecule is O=S(=O)(CCN1CCCC(O)C1)c1ccc(O)cc1. The van der Waals surface area contributed by atoms with E-state index in [1.807, 2.05) is 4.90 Å². The molecule has 0 bridgehead atoms. The zero-order valence-electron chi connectivity index (χ0n) is 10.7. The van der Waals surface area contributed by atoms with Crippen LogP contribution >= 0.6 is 0 Å². The van der Waals surface area contributed by atoms with E-state index in [1.54, 1.807) is 0 Å². The molecule has 1 aromatic rings. The number of hydrogen-bond acceptors (Lipinski definition) is 5. The standard InChI is InChI=1S/C13H19NO4S/c15-11-3-5-13(6-4-11)19(17,18)9-8-14-7-1-2-12(16)10-14/h3-6,12,15-16H,1-2,7-10H2. The first-order valence-corrected chi connectivity index (χ1v) is 8.05. The van der Waals surface area contributed by atoms with Crippen molar-refractivity contribution in [3.63, 3.8) is 0 Å². The second kappa shape index (κ2) is 5.90. The van der Waals surface area contributed by atoms with Gasteiger partial charge in [0.15, 0.2) is 9.84 Å². The number of aliphatic hydroxyl groups excluding tert-OH is 1. The molecule has 0 saturated carbocycles. The lowest BCUT2D eigenvalue weighted by Gasteiger charge is -2.29. The maximum atomic E-state index is 12.1. The fraction of sp³-hybridized carbons (Fsp3) is 0.538. The van der Waals surface area contributed by atoms with E-state index in [-0.39, 0.29) is 22.5 Å². The monoisotopic (exact) mass is 285 g/mol. The highest BCUT2D eigenvalue weighted by Gasteiger charge is 2.21. The van der Waals surface area contributed by atoms with Crippen LogP contribution in [0.25, 0.3) is 0 Å². The van der Waals surface area contributed by atoms with Crippen LogP contribution in [-0.4, -0.2) is 55.0 Å². The highest BCUT2D eigenvalue weighted by atomic mass is 32.2. The van der Waals surface area contributed by atoms with Crippen molar-refractivity contribution in [2.45, 2.75) is 23.8 Å². The number of hydrogen-bond donors (Lipinski definition) is 2. The first kappa shape index (κ1) is 14.3. The summed E-state index contributed by atoms with van der Waals surface area (Å²) in [6.07, 6.45) is 1.35. The van der Waals surface area contributed by atoms with Gasteiger partial charge in [0.2, 0.25) is 0 Å². The molecule has 2 rings (SSSR count). The number of likely N-dealkylation sites (tertiary alicyclic amines) is 1. The van der Waals surface area contributed by atoms with Gasteiger partial charge in [-0.3, -0.25) is 4.90 Å². The largest absolute Gasteiger partial charge is 0.508 e. The molecular weight excluding hydrogens is 266 g/mol. The summed E-state index contributed by atoms with van der Waals surface area (Å²) in [4.78, 5) is 2.20. The second-order valence-corrected chi connectivity index (χ2v) is 7.02. The zero-order valence-corrected chi connectivity index (χ0v) is 11.5. The quantitative estimate of drug-likeness (QED) is 0.848. The number of β-amino-alcohol motifs (C(OH)–C–C–N with tert-alkyl or cyclic N) is 1. The summed E-state index contributed by atoms with van der Waals surface area (Å²) in [5, 5.41) is 18.7. The van der Waals surface area contributed by atoms with Gasteiger partial charge in [0.25, 0.3) is 0 Å². The highest BCUT2D eigenvalue weighted by Crippen LogP contribution is 2.16. The molecule has 1 heterocycles. The van der Waals surface area contributed by atoms with E-state index in [1.165, 1.54) is 24.3 Å². The summed E-state index contributed by atoms with van der Waals surface area (Å²) in [6, 6.07) is 5.57. The molecule has 19 heavy (non-hydrogen) atoms. The van der Waals surface area contributed by atoms with Gasteiger partial charge in [0.1, 0.15) is 5.75 Å². The summed E-state index contributed by atoms with van der Waals surface area (Å²) >= 11 is 0. The van der Waals surface area contributed by atoms with E-state index in [4.69, 9.17) is 5.11 Å². The zero-order chi connectivity index (χ0) is 13.9. The van der Waals surface area contributed by atoms with Gasteiger partial charge >= 0.3 is 0 Å². The summed E-state index contributed by atoms with van der Waals surface area (Å²) in [6.45, 7) is 1.81. The maximum Gasteiger partial charge on any atom is 0.179 e. The lowest BCUT2D eigenvalue weighted by atomic mass is 10.1. The van der Waals surface area contributed by atoms with Crippen LogP contribution in [0.3, 0.4) is 0 Å². The molecule has 0 amide bonds. The third kappa shape index (κ3) is 3.92. The molecule has 2 N–H and O–H groups in total. The first-order valence-electron chi connectivity index (χ1n) is 6.39. The van der Waals surface area contributed by atoms with Crippen LogP contribution in [0.4, 0.5) is 0 Å². The van der Waals surface area contributed by atoms with Crippen molar-refractivity contribution in [1.82, 2.24) is 4.90 Å². The second-order valence-electron chi connectivity index (χ2n) is 4.91. The van der Waals surface area contributed by atoms with Crippen LogP contribution in [0, 0.1) is 0 Å². The molecule has 106 valence electrons. The lowest BCUT2D eigenvalue weighted by Crippen LogP contribution is -2.40. The van der Waals surface area contributed by atoms with Gasteiger partial charge in [-0.2, -0.15) is 0 Å². The molecule has 0 spiro atoms. The number of nitrogens with zero attached hydrogens (tertiary/aromatic N) is 1. The Bertz CT molecular complexity index is 512. The number of rotatable bonds is 4. The van der Waals surface area contributed by atoms with Crippen molar-refractivity contribution in [2.24, 2.45) is 0 Å². The third-order valence-corrected chi connectivity index (χ3v) is 5.06. The average molecular weight is 285 g/mol. The Balaban J connectivity index is 1.96. The lowest BCUT2D eigenvalue weighted by molar-refractivity contribution is 0.0741. The Morgan fingerprint density at radius 2 is 1.95 bits per heavy atom. The summed E-state index contributed by atoms with van der Waals surface area (Å²) in [7, 11) is -3.33. The molecule has 1 unspecified atom stereocenters. The smallest absolute Gasteiger partial charge is 0.179 e. The van der Waals surface area contributed by atoms with Crippen molar-refractivity contribution in [2.75, 3.05) is 25.4 Å². The molecule has 1 saturated heterocycles. The minimum atomic E-state index is -3.33. The van der Waals surface area contributed by atoms with Gasteiger partial charge in [-0.25, -0.2) is 8.42 Å². The van der Waals surface area contributed by atoms with E-state index in [9.17, 15) is 13.5 Å². The predicted molar refractivity (Wildman–Crippen MR) is 71.8 cm³/mol. The molecule has 1 fully saturated rings. The van der Waals surface area contributed by atoms with Crippen molar-refractivity contribution >= 4 is 9.84 Å². The fourth-order valence-corrected chi connectivity index (χ4v) is 3.54. The Labute approximate surface area is 113 Å². The van der Waals surface area contributed by atoms with Gasteiger partial charge < -0.3 is 10.2 Å². The van der Waals surface area contributed by atoms with Crippen LogP contribution in [-0.2, 0) is 9.84 Å². The number of sulfone groups is 1. The summed E-state index contributed by atoms with van der Waals surface area (Å²) in [5.41, 5.74) is 0. The van der Waals surface area contributed by atoms with Crippen molar-refractivity contribution in [1.29, 1.82) is 0 Å². The van der Waals surface area contributed by atoms with Crippen molar-refractivity contribution in [3.8, 4) is 5.75 Å². The van der Waals surface area contributed by atoms with Gasteiger partial charge in [0.05, 0.1) is 16.8 Å². The number of phenols is 1. The topological polar surface area (TPSA) is 77.8 Å². The molecule has 1 aliphatic heterocycles. The number of benzene rings is 1. The number of piperidine rings is 1. The van der Waals surface area contributed by atoms with Crippen molar-refractivity contribution < 1.29 is 18.6 Å². The fourth-order valence-electron chi connectivity index (χ4n) is 2.25. The van der Waals surface area contributed by atoms with Crippen LogP contribution < -0.4 is 0 Å². The van der Waals surface area contributed by atoms with Crippen LogP contribution in [0.5, 0.6) is 5.75 Å². The van der Waals surface area contributed by atoms with Crippen LogP contribution in [0.15, 0.2) is 29.2 Å². The Kier molecular flexibility index (Phi) is 4.44. The van der Waals surface area contributed by atoms with E-state index in [0.29, 0.717) is 13.1 Å². The van der Waals surface area contributed by atoms with E-state index >= 15 is 0 Å². The van der Waals surface area contributed by atoms with E-state index in [2.05, 4.69) is 0 Å². The minimum absolute atomic E-state index is 0.0322. The van der Waals surface area contributed by atoms with Gasteiger partial charge in [0, 0.05) is 13.1 Å². The van der Waals surface area contributed by atoms with Gasteiger partial charge in [-0.1, -0.05) is 0 Å². The molecule has 5 nitrogen and oxygen atoms in total.